The molecule has 3 aromatic rings. The molecule has 3 N–H and O–H groups in total. The van der Waals surface area contributed by atoms with Crippen LogP contribution >= 0.6 is 0 Å². The van der Waals surface area contributed by atoms with Gasteiger partial charge in [0.05, 0.1) is 19.0 Å². The molecule has 28 heavy (non-hydrogen) atoms. The molecule has 1 aliphatic rings. The van der Waals surface area contributed by atoms with E-state index in [1.165, 1.54) is 19.4 Å². The molecular formula is C20H18N4O4. The van der Waals surface area contributed by atoms with Gasteiger partial charge in [0.25, 0.3) is 11.8 Å². The van der Waals surface area contributed by atoms with Crippen LogP contribution in [-0.2, 0) is 4.74 Å². The standard InChI is InChI=1S/C20H18N4O4/c1-10-8-22-19(26)17-16(10)13-7-11(3-5-14(13)24-17)18(25)23-12-4-6-15(21-9-12)20(27)28-2/h3-7,9-10,24H,8H2,1-2H3,(H,22,26)(H,23,25). The largest absolute Gasteiger partial charge is 0.464 e. The maximum absolute atomic E-state index is 12.6. The summed E-state index contributed by atoms with van der Waals surface area (Å²) in [6.07, 6.45) is 1.40. The van der Waals surface area contributed by atoms with Gasteiger partial charge in [-0.1, -0.05) is 6.92 Å². The number of hydrogen-bond acceptors (Lipinski definition) is 5. The zero-order valence-electron chi connectivity index (χ0n) is 15.3. The highest BCUT2D eigenvalue weighted by atomic mass is 16.5. The molecule has 0 fully saturated rings. The molecule has 4 rings (SSSR count). The first kappa shape index (κ1) is 17.7. The molecule has 1 aromatic carbocycles. The fraction of sp³-hybridized carbons (Fsp3) is 0.200. The number of aromatic nitrogens is 2. The highest BCUT2D eigenvalue weighted by Gasteiger charge is 2.27. The van der Waals surface area contributed by atoms with Gasteiger partial charge in [-0.3, -0.25) is 9.59 Å². The molecule has 1 aliphatic heterocycles. The van der Waals surface area contributed by atoms with Crippen LogP contribution in [0, 0.1) is 0 Å². The number of aromatic amines is 1. The highest BCUT2D eigenvalue weighted by Crippen LogP contribution is 2.32. The number of rotatable bonds is 3. The van der Waals surface area contributed by atoms with Gasteiger partial charge in [0.2, 0.25) is 0 Å². The van der Waals surface area contributed by atoms with Crippen LogP contribution in [0.1, 0.15) is 49.7 Å². The monoisotopic (exact) mass is 378 g/mol. The first-order valence-electron chi connectivity index (χ1n) is 8.77. The maximum Gasteiger partial charge on any atom is 0.356 e. The number of methoxy groups -OCH3 is 1. The van der Waals surface area contributed by atoms with Gasteiger partial charge < -0.3 is 20.4 Å². The number of esters is 1. The molecule has 0 spiro atoms. The van der Waals surface area contributed by atoms with E-state index in [0.717, 1.165) is 16.5 Å². The minimum atomic E-state index is -0.543. The Morgan fingerprint density at radius 2 is 2.07 bits per heavy atom. The van der Waals surface area contributed by atoms with Crippen LogP contribution in [0.4, 0.5) is 5.69 Å². The molecule has 8 nitrogen and oxygen atoms in total. The number of pyridine rings is 1. The van der Waals surface area contributed by atoms with Crippen LogP contribution in [0.15, 0.2) is 36.5 Å². The topological polar surface area (TPSA) is 113 Å². The average Bonchev–Trinajstić information content (AvgIpc) is 3.11. The zero-order valence-corrected chi connectivity index (χ0v) is 15.3. The summed E-state index contributed by atoms with van der Waals surface area (Å²) in [6.45, 7) is 2.60. The van der Waals surface area contributed by atoms with Gasteiger partial charge in [-0.25, -0.2) is 9.78 Å². The third-order valence-corrected chi connectivity index (χ3v) is 4.81. The van der Waals surface area contributed by atoms with E-state index in [2.05, 4.69) is 25.3 Å². The molecule has 142 valence electrons. The van der Waals surface area contributed by atoms with E-state index in [1.54, 1.807) is 24.3 Å². The Balaban J connectivity index is 1.62. The van der Waals surface area contributed by atoms with E-state index in [9.17, 15) is 14.4 Å². The Bertz CT molecular complexity index is 1100. The Morgan fingerprint density at radius 3 is 2.79 bits per heavy atom. The second kappa shape index (κ2) is 6.80. The van der Waals surface area contributed by atoms with Crippen molar-refractivity contribution in [2.24, 2.45) is 0 Å². The summed E-state index contributed by atoms with van der Waals surface area (Å²) >= 11 is 0. The summed E-state index contributed by atoms with van der Waals surface area (Å²) in [7, 11) is 1.28. The van der Waals surface area contributed by atoms with Gasteiger partial charge in [-0.2, -0.15) is 0 Å². The molecule has 1 unspecified atom stereocenters. The Hall–Kier alpha value is -3.68. The Morgan fingerprint density at radius 1 is 1.25 bits per heavy atom. The fourth-order valence-corrected chi connectivity index (χ4v) is 3.38. The van der Waals surface area contributed by atoms with Gasteiger partial charge in [-0.15, -0.1) is 0 Å². The van der Waals surface area contributed by atoms with E-state index in [-0.39, 0.29) is 23.4 Å². The van der Waals surface area contributed by atoms with Crippen molar-refractivity contribution in [3.8, 4) is 0 Å². The molecule has 2 amide bonds. The van der Waals surface area contributed by atoms with Crippen LogP contribution in [0.2, 0.25) is 0 Å². The summed E-state index contributed by atoms with van der Waals surface area (Å²) in [5, 5.41) is 6.47. The van der Waals surface area contributed by atoms with E-state index < -0.39 is 5.97 Å². The van der Waals surface area contributed by atoms with Gasteiger partial charge >= 0.3 is 5.97 Å². The minimum absolute atomic E-state index is 0.132. The zero-order chi connectivity index (χ0) is 19.8. The van der Waals surface area contributed by atoms with Crippen molar-refractivity contribution in [3.05, 3.63) is 59.0 Å². The minimum Gasteiger partial charge on any atom is -0.464 e. The maximum atomic E-state index is 12.6. The highest BCUT2D eigenvalue weighted by molar-refractivity contribution is 6.08. The number of benzene rings is 1. The van der Waals surface area contributed by atoms with E-state index >= 15 is 0 Å². The van der Waals surface area contributed by atoms with Crippen molar-refractivity contribution in [1.82, 2.24) is 15.3 Å². The van der Waals surface area contributed by atoms with Crippen molar-refractivity contribution >= 4 is 34.4 Å². The Kier molecular flexibility index (Phi) is 4.31. The lowest BCUT2D eigenvalue weighted by atomic mass is 9.93. The predicted octanol–water partition coefficient (Wildman–Crippen LogP) is 2.45. The van der Waals surface area contributed by atoms with Crippen molar-refractivity contribution in [3.63, 3.8) is 0 Å². The lowest BCUT2D eigenvalue weighted by Crippen LogP contribution is -2.33. The number of anilines is 1. The van der Waals surface area contributed by atoms with Gasteiger partial charge in [0.1, 0.15) is 11.4 Å². The first-order chi connectivity index (χ1) is 13.5. The van der Waals surface area contributed by atoms with E-state index in [0.29, 0.717) is 23.5 Å². The normalized spacial score (nSPS) is 15.6. The van der Waals surface area contributed by atoms with Crippen molar-refractivity contribution in [1.29, 1.82) is 0 Å². The number of carbonyl (C=O) groups excluding carboxylic acids is 3. The molecule has 0 saturated heterocycles. The van der Waals surface area contributed by atoms with Crippen molar-refractivity contribution < 1.29 is 19.1 Å². The molecule has 8 heteroatoms. The average molecular weight is 378 g/mol. The van der Waals surface area contributed by atoms with E-state index in [4.69, 9.17) is 0 Å². The summed E-state index contributed by atoms with van der Waals surface area (Å²) in [5.41, 5.74) is 3.38. The van der Waals surface area contributed by atoms with Crippen LogP contribution in [-0.4, -0.2) is 41.4 Å². The SMILES string of the molecule is COC(=O)c1ccc(NC(=O)c2ccc3[nH]c4c(c3c2)C(C)CNC4=O)cn1. The molecule has 2 aromatic heterocycles. The number of H-pyrrole nitrogens is 1. The number of nitrogens with zero attached hydrogens (tertiary/aromatic N) is 1. The lowest BCUT2D eigenvalue weighted by Gasteiger charge is -2.19. The van der Waals surface area contributed by atoms with Crippen LogP contribution in [0.25, 0.3) is 10.9 Å². The van der Waals surface area contributed by atoms with Crippen LogP contribution in [0.5, 0.6) is 0 Å². The second-order valence-electron chi connectivity index (χ2n) is 6.66. The number of amides is 2. The molecule has 0 bridgehead atoms. The summed E-state index contributed by atoms with van der Waals surface area (Å²) < 4.78 is 4.60. The van der Waals surface area contributed by atoms with Crippen molar-refractivity contribution in [2.45, 2.75) is 12.8 Å². The molecule has 3 heterocycles. The Labute approximate surface area is 160 Å². The number of hydrogen-bond donors (Lipinski definition) is 3. The molecule has 0 aliphatic carbocycles. The number of ether oxygens (including phenoxy) is 1. The predicted molar refractivity (Wildman–Crippen MR) is 103 cm³/mol. The van der Waals surface area contributed by atoms with Gasteiger partial charge in [-0.05, 0) is 35.9 Å². The molecule has 0 saturated carbocycles. The summed E-state index contributed by atoms with van der Waals surface area (Å²) in [4.78, 5) is 43.3. The summed E-state index contributed by atoms with van der Waals surface area (Å²) in [5.74, 6) is -0.835. The number of nitrogens with one attached hydrogen (secondary N) is 3. The quantitative estimate of drug-likeness (QED) is 0.606. The summed E-state index contributed by atoms with van der Waals surface area (Å²) in [6, 6.07) is 8.33. The molecular weight excluding hydrogens is 360 g/mol. The number of fused-ring (bicyclic) bond motifs is 3. The molecule has 1 atom stereocenters. The lowest BCUT2D eigenvalue weighted by molar-refractivity contribution is 0.0594. The number of carbonyl (C=O) groups is 3. The smallest absolute Gasteiger partial charge is 0.356 e. The molecule has 0 radical (unpaired) electrons. The van der Waals surface area contributed by atoms with Crippen LogP contribution in [0.3, 0.4) is 0 Å². The first-order valence-corrected chi connectivity index (χ1v) is 8.77. The van der Waals surface area contributed by atoms with E-state index in [1.807, 2.05) is 6.92 Å². The van der Waals surface area contributed by atoms with Crippen LogP contribution < -0.4 is 10.6 Å². The van der Waals surface area contributed by atoms with Gasteiger partial charge in [0, 0.05) is 28.9 Å². The van der Waals surface area contributed by atoms with Crippen molar-refractivity contribution in [2.75, 3.05) is 19.0 Å². The fourth-order valence-electron chi connectivity index (χ4n) is 3.38. The third-order valence-electron chi connectivity index (χ3n) is 4.81. The third kappa shape index (κ3) is 2.98. The second-order valence-corrected chi connectivity index (χ2v) is 6.66. The van der Waals surface area contributed by atoms with Gasteiger partial charge in [0.15, 0.2) is 0 Å².